The minimum atomic E-state index is -0.978. The van der Waals surface area contributed by atoms with Crippen LogP contribution < -0.4 is 5.32 Å². The lowest BCUT2D eigenvalue weighted by Gasteiger charge is -2.12. The number of carbonyl (C=O) groups is 2. The largest absolute Gasteiger partial charge is 0.464 e. The molecule has 0 radical (unpaired) electrons. The molecule has 3 aromatic rings. The fraction of sp³-hybridized carbons (Fsp3) is 0.250. The molecule has 0 aliphatic carbocycles. The Bertz CT molecular complexity index is 1060. The summed E-state index contributed by atoms with van der Waals surface area (Å²) in [6.07, 6.45) is 0.581. The predicted octanol–water partition coefficient (Wildman–Crippen LogP) is 4.10. The van der Waals surface area contributed by atoms with Gasteiger partial charge >= 0.3 is 5.97 Å². The monoisotopic (exact) mass is 382 g/mol. The molecule has 0 saturated heterocycles. The van der Waals surface area contributed by atoms with Crippen LogP contribution in [0.2, 0.25) is 0 Å². The van der Waals surface area contributed by atoms with Crippen LogP contribution in [0.3, 0.4) is 0 Å². The van der Waals surface area contributed by atoms with Gasteiger partial charge in [0.05, 0.1) is 18.2 Å². The van der Waals surface area contributed by atoms with Crippen LogP contribution in [-0.4, -0.2) is 18.0 Å². The molecule has 0 saturated carbocycles. The van der Waals surface area contributed by atoms with Gasteiger partial charge in [-0.1, -0.05) is 12.1 Å². The number of furan rings is 1. The van der Waals surface area contributed by atoms with Crippen LogP contribution in [0, 0.1) is 25.2 Å². The third-order valence-electron chi connectivity index (χ3n) is 4.38. The molecule has 0 aliphatic heterocycles. The van der Waals surface area contributed by atoms with Gasteiger partial charge < -0.3 is 14.5 Å². The number of thiophene rings is 1. The predicted molar refractivity (Wildman–Crippen MR) is 103 cm³/mol. The van der Waals surface area contributed by atoms with Crippen molar-refractivity contribution in [1.29, 1.82) is 5.26 Å². The molecule has 1 N–H and O–H groups in total. The molecular formula is C20H18N2O4S. The summed E-state index contributed by atoms with van der Waals surface area (Å²) in [6.45, 7) is 5.46. The van der Waals surface area contributed by atoms with Crippen LogP contribution in [-0.2, 0) is 20.7 Å². The van der Waals surface area contributed by atoms with Crippen LogP contribution >= 0.6 is 11.3 Å². The maximum atomic E-state index is 12.3. The second-order valence-corrected chi connectivity index (χ2v) is 7.13. The van der Waals surface area contributed by atoms with Crippen LogP contribution in [0.4, 0.5) is 5.00 Å². The molecule has 3 rings (SSSR count). The molecule has 0 bridgehead atoms. The van der Waals surface area contributed by atoms with Crippen LogP contribution in [0.15, 0.2) is 34.3 Å². The van der Waals surface area contributed by atoms with Crippen LogP contribution in [0.1, 0.15) is 29.2 Å². The molecule has 27 heavy (non-hydrogen) atoms. The first-order valence-electron chi connectivity index (χ1n) is 8.35. The van der Waals surface area contributed by atoms with E-state index in [1.807, 2.05) is 32.0 Å². The zero-order chi connectivity index (χ0) is 19.6. The highest BCUT2D eigenvalue weighted by Crippen LogP contribution is 2.27. The SMILES string of the molecule is Cc1ccc2c(CC(=O)O[C@@H](C)C(=O)Nc3sccc3C#N)coc2c1C. The Hall–Kier alpha value is -3.11. The van der Waals surface area contributed by atoms with Gasteiger partial charge in [0.2, 0.25) is 0 Å². The Balaban J connectivity index is 1.65. The Labute approximate surface area is 160 Å². The van der Waals surface area contributed by atoms with Gasteiger partial charge in [-0.15, -0.1) is 11.3 Å². The lowest BCUT2D eigenvalue weighted by molar-refractivity contribution is -0.152. The summed E-state index contributed by atoms with van der Waals surface area (Å²) in [4.78, 5) is 24.5. The number of nitrogens with zero attached hydrogens (tertiary/aromatic N) is 1. The molecule has 0 fully saturated rings. The van der Waals surface area contributed by atoms with Gasteiger partial charge in [-0.25, -0.2) is 0 Å². The Morgan fingerprint density at radius 2 is 2.11 bits per heavy atom. The molecule has 138 valence electrons. The van der Waals surface area contributed by atoms with Crippen LogP contribution in [0.25, 0.3) is 11.0 Å². The van der Waals surface area contributed by atoms with Gasteiger partial charge in [-0.05, 0) is 43.3 Å². The summed E-state index contributed by atoms with van der Waals surface area (Å²) in [5, 5.41) is 14.6. The van der Waals surface area contributed by atoms with Crippen LogP contribution in [0.5, 0.6) is 0 Å². The quantitative estimate of drug-likeness (QED) is 0.671. The van der Waals surface area contributed by atoms with E-state index >= 15 is 0 Å². The third-order valence-corrected chi connectivity index (χ3v) is 5.21. The number of anilines is 1. The number of carbonyl (C=O) groups excluding carboxylic acids is 2. The van der Waals surface area contributed by atoms with Crippen molar-refractivity contribution in [3.63, 3.8) is 0 Å². The van der Waals surface area contributed by atoms with E-state index in [1.165, 1.54) is 18.3 Å². The molecule has 1 aromatic carbocycles. The summed E-state index contributed by atoms with van der Waals surface area (Å²) in [5.41, 5.74) is 3.99. The van der Waals surface area contributed by atoms with Gasteiger partial charge in [0.25, 0.3) is 5.91 Å². The molecule has 0 unspecified atom stereocenters. The molecule has 0 aliphatic rings. The van der Waals surface area contributed by atoms with E-state index in [9.17, 15) is 9.59 Å². The highest BCUT2D eigenvalue weighted by Gasteiger charge is 2.21. The van der Waals surface area contributed by atoms with Gasteiger partial charge in [0.1, 0.15) is 16.7 Å². The number of benzene rings is 1. The van der Waals surface area contributed by atoms with Crippen molar-refractivity contribution in [2.24, 2.45) is 0 Å². The zero-order valence-corrected chi connectivity index (χ0v) is 16.0. The molecule has 0 spiro atoms. The lowest BCUT2D eigenvalue weighted by atomic mass is 10.0. The van der Waals surface area contributed by atoms with Crippen molar-refractivity contribution < 1.29 is 18.7 Å². The van der Waals surface area contributed by atoms with Crippen molar-refractivity contribution in [3.05, 3.63) is 52.1 Å². The maximum absolute atomic E-state index is 12.3. The van der Waals surface area contributed by atoms with E-state index < -0.39 is 18.0 Å². The van der Waals surface area contributed by atoms with E-state index in [4.69, 9.17) is 14.4 Å². The molecule has 2 aromatic heterocycles. The van der Waals surface area contributed by atoms with E-state index in [-0.39, 0.29) is 6.42 Å². The van der Waals surface area contributed by atoms with E-state index in [1.54, 1.807) is 17.7 Å². The summed E-state index contributed by atoms with van der Waals surface area (Å²) in [7, 11) is 0. The normalized spacial score (nSPS) is 11.8. The number of aryl methyl sites for hydroxylation is 2. The van der Waals surface area contributed by atoms with Gasteiger partial charge in [-0.3, -0.25) is 9.59 Å². The average Bonchev–Trinajstić information content (AvgIpc) is 3.25. The van der Waals surface area contributed by atoms with Gasteiger partial charge in [0.15, 0.2) is 6.10 Å². The lowest BCUT2D eigenvalue weighted by Crippen LogP contribution is -2.30. The highest BCUT2D eigenvalue weighted by atomic mass is 32.1. The first kappa shape index (κ1) is 18.7. The van der Waals surface area contributed by atoms with Crippen molar-refractivity contribution in [2.75, 3.05) is 5.32 Å². The summed E-state index contributed by atoms with van der Waals surface area (Å²) in [5.74, 6) is -1.00. The standard InChI is InChI=1S/C20H18N2O4S/c1-11-4-5-16-15(10-25-18(16)12(11)2)8-17(23)26-13(3)19(24)22-20-14(9-21)6-7-27-20/h4-7,10,13H,8H2,1-3H3,(H,22,24)/t13-/m0/s1. The van der Waals surface area contributed by atoms with E-state index in [2.05, 4.69) is 5.32 Å². The second-order valence-electron chi connectivity index (χ2n) is 6.22. The number of ether oxygens (including phenoxy) is 1. The van der Waals surface area contributed by atoms with E-state index in [0.29, 0.717) is 10.6 Å². The second kappa shape index (κ2) is 7.64. The molecule has 6 nitrogen and oxygen atoms in total. The fourth-order valence-corrected chi connectivity index (χ4v) is 3.42. The summed E-state index contributed by atoms with van der Waals surface area (Å²) in [6, 6.07) is 7.50. The van der Waals surface area contributed by atoms with Gasteiger partial charge in [0, 0.05) is 10.9 Å². The molecule has 1 atom stereocenters. The minimum absolute atomic E-state index is 0.00949. The van der Waals surface area contributed by atoms with Gasteiger partial charge in [-0.2, -0.15) is 5.26 Å². The topological polar surface area (TPSA) is 92.3 Å². The Kier molecular flexibility index (Phi) is 5.28. The van der Waals surface area contributed by atoms with Crippen molar-refractivity contribution in [1.82, 2.24) is 0 Å². The Morgan fingerprint density at radius 1 is 1.33 bits per heavy atom. The third kappa shape index (κ3) is 3.86. The first-order chi connectivity index (χ1) is 12.9. The highest BCUT2D eigenvalue weighted by molar-refractivity contribution is 7.14. The first-order valence-corrected chi connectivity index (χ1v) is 9.23. The zero-order valence-electron chi connectivity index (χ0n) is 15.2. The number of fused-ring (bicyclic) bond motifs is 1. The average molecular weight is 382 g/mol. The summed E-state index contributed by atoms with van der Waals surface area (Å²) < 4.78 is 10.8. The fourth-order valence-electron chi connectivity index (χ4n) is 2.68. The molecule has 1 amide bonds. The number of esters is 1. The smallest absolute Gasteiger partial charge is 0.311 e. The maximum Gasteiger partial charge on any atom is 0.311 e. The number of hydrogen-bond acceptors (Lipinski definition) is 6. The molecular weight excluding hydrogens is 364 g/mol. The number of nitriles is 1. The molecule has 2 heterocycles. The number of amides is 1. The number of rotatable bonds is 5. The minimum Gasteiger partial charge on any atom is -0.464 e. The molecule has 7 heteroatoms. The van der Waals surface area contributed by atoms with Crippen molar-refractivity contribution in [3.8, 4) is 6.07 Å². The Morgan fingerprint density at radius 3 is 2.85 bits per heavy atom. The van der Waals surface area contributed by atoms with E-state index in [0.717, 1.165) is 27.7 Å². The summed E-state index contributed by atoms with van der Waals surface area (Å²) >= 11 is 1.24. The van der Waals surface area contributed by atoms with Crippen molar-refractivity contribution >= 4 is 39.2 Å². The number of hydrogen-bond donors (Lipinski definition) is 1. The number of nitrogens with one attached hydrogen (secondary N) is 1. The van der Waals surface area contributed by atoms with Crippen molar-refractivity contribution in [2.45, 2.75) is 33.3 Å².